The molecule has 1 aromatic rings. The Kier molecular flexibility index (Phi) is 4.10. The number of anilines is 1. The Hall–Kier alpha value is -2.28. The number of allylic oxidation sites excluding steroid dienone is 1. The number of rotatable bonds is 4. The van der Waals surface area contributed by atoms with Crippen LogP contribution < -0.4 is 4.90 Å². The van der Waals surface area contributed by atoms with E-state index in [-0.39, 0.29) is 12.2 Å². The normalized spacial score (nSPS) is 10.4. The lowest BCUT2D eigenvalue weighted by Gasteiger charge is -2.11. The first kappa shape index (κ1) is 11.8. The van der Waals surface area contributed by atoms with Gasteiger partial charge in [-0.05, 0) is 23.8 Å². The van der Waals surface area contributed by atoms with Gasteiger partial charge in [-0.3, -0.25) is 4.79 Å². The second kappa shape index (κ2) is 5.56. The van der Waals surface area contributed by atoms with Crippen LogP contribution in [0.25, 0.3) is 6.08 Å². The standard InChI is InChI=1S/C12H12N2O2/c1-14(2)11-5-3-10(4-6-11)7-12(8-13)16-9-15/h3-7,9H,1-2H3/b12-7-. The van der Waals surface area contributed by atoms with Gasteiger partial charge in [0, 0.05) is 19.8 Å². The minimum Gasteiger partial charge on any atom is -0.417 e. The maximum absolute atomic E-state index is 10.1. The van der Waals surface area contributed by atoms with Crippen LogP contribution in [0, 0.1) is 11.3 Å². The van der Waals surface area contributed by atoms with Crippen molar-refractivity contribution in [2.75, 3.05) is 19.0 Å². The summed E-state index contributed by atoms with van der Waals surface area (Å²) in [5.74, 6) is -0.0207. The number of ether oxygens (including phenoxy) is 1. The van der Waals surface area contributed by atoms with Gasteiger partial charge in [-0.25, -0.2) is 0 Å². The van der Waals surface area contributed by atoms with E-state index in [0.717, 1.165) is 11.3 Å². The van der Waals surface area contributed by atoms with Crippen molar-refractivity contribution in [1.29, 1.82) is 5.26 Å². The molecule has 0 bridgehead atoms. The molecule has 1 rings (SSSR count). The van der Waals surface area contributed by atoms with Crippen LogP contribution in [0.4, 0.5) is 5.69 Å². The summed E-state index contributed by atoms with van der Waals surface area (Å²) < 4.78 is 4.48. The van der Waals surface area contributed by atoms with Gasteiger partial charge in [0.25, 0.3) is 6.47 Å². The van der Waals surface area contributed by atoms with E-state index in [1.807, 2.05) is 43.3 Å². The van der Waals surface area contributed by atoms with E-state index in [1.54, 1.807) is 6.07 Å². The first-order valence-corrected chi connectivity index (χ1v) is 4.67. The van der Waals surface area contributed by atoms with Gasteiger partial charge >= 0.3 is 0 Å². The van der Waals surface area contributed by atoms with E-state index < -0.39 is 0 Å². The molecule has 0 saturated carbocycles. The van der Waals surface area contributed by atoms with Crippen LogP contribution >= 0.6 is 0 Å². The number of nitrogens with zero attached hydrogens (tertiary/aromatic N) is 2. The smallest absolute Gasteiger partial charge is 0.299 e. The molecule has 0 spiro atoms. The molecule has 0 unspecified atom stereocenters. The van der Waals surface area contributed by atoms with E-state index in [4.69, 9.17) is 5.26 Å². The predicted octanol–water partition coefficient (Wildman–Crippen LogP) is 1.79. The summed E-state index contributed by atoms with van der Waals surface area (Å²) in [6.07, 6.45) is 1.51. The SMILES string of the molecule is CN(C)c1ccc(/C=C(/C#N)OC=O)cc1. The molecular weight excluding hydrogens is 204 g/mol. The minimum absolute atomic E-state index is 0.0207. The quantitative estimate of drug-likeness (QED) is 0.437. The first-order valence-electron chi connectivity index (χ1n) is 4.67. The van der Waals surface area contributed by atoms with Crippen molar-refractivity contribution < 1.29 is 9.53 Å². The van der Waals surface area contributed by atoms with Gasteiger partial charge in [0.15, 0.2) is 0 Å². The molecule has 0 fully saturated rings. The van der Waals surface area contributed by atoms with Crippen LogP contribution in [-0.4, -0.2) is 20.6 Å². The lowest BCUT2D eigenvalue weighted by molar-refractivity contribution is -0.124. The van der Waals surface area contributed by atoms with Crippen LogP contribution in [0.15, 0.2) is 30.0 Å². The van der Waals surface area contributed by atoms with Gasteiger partial charge < -0.3 is 9.64 Å². The summed E-state index contributed by atoms with van der Waals surface area (Å²) in [6.45, 7) is 0.239. The predicted molar refractivity (Wildman–Crippen MR) is 61.5 cm³/mol. The van der Waals surface area contributed by atoms with Crippen LogP contribution in [0.3, 0.4) is 0 Å². The molecule has 4 nitrogen and oxygen atoms in total. The van der Waals surface area contributed by atoms with Crippen LogP contribution in [0.2, 0.25) is 0 Å². The number of nitriles is 1. The molecule has 0 amide bonds. The van der Waals surface area contributed by atoms with E-state index in [9.17, 15) is 4.79 Å². The van der Waals surface area contributed by atoms with Crippen molar-refractivity contribution in [1.82, 2.24) is 0 Å². The Morgan fingerprint density at radius 1 is 1.38 bits per heavy atom. The summed E-state index contributed by atoms with van der Waals surface area (Å²) in [7, 11) is 3.89. The summed E-state index contributed by atoms with van der Waals surface area (Å²) in [4.78, 5) is 12.1. The molecule has 0 atom stereocenters. The van der Waals surface area contributed by atoms with E-state index >= 15 is 0 Å². The number of benzene rings is 1. The van der Waals surface area contributed by atoms with Crippen molar-refractivity contribution in [3.8, 4) is 6.07 Å². The molecule has 4 heteroatoms. The van der Waals surface area contributed by atoms with Crippen LogP contribution in [-0.2, 0) is 9.53 Å². The largest absolute Gasteiger partial charge is 0.417 e. The monoisotopic (exact) mass is 216 g/mol. The van der Waals surface area contributed by atoms with Gasteiger partial charge in [0.05, 0.1) is 0 Å². The highest BCUT2D eigenvalue weighted by molar-refractivity contribution is 5.60. The molecule has 1 aromatic carbocycles. The number of carbonyl (C=O) groups is 1. The third-order valence-electron chi connectivity index (χ3n) is 1.99. The summed E-state index contributed by atoms with van der Waals surface area (Å²) in [5.41, 5.74) is 1.87. The second-order valence-corrected chi connectivity index (χ2v) is 3.32. The fraction of sp³-hybridized carbons (Fsp3) is 0.167. The second-order valence-electron chi connectivity index (χ2n) is 3.32. The Morgan fingerprint density at radius 2 is 2.00 bits per heavy atom. The number of hydrogen-bond donors (Lipinski definition) is 0. The fourth-order valence-electron chi connectivity index (χ4n) is 1.16. The Labute approximate surface area is 94.4 Å². The molecule has 0 aromatic heterocycles. The minimum atomic E-state index is -0.0207. The topological polar surface area (TPSA) is 53.3 Å². The molecule has 0 heterocycles. The Morgan fingerprint density at radius 3 is 2.44 bits per heavy atom. The molecule has 16 heavy (non-hydrogen) atoms. The van der Waals surface area contributed by atoms with Gasteiger partial charge in [-0.2, -0.15) is 5.26 Å². The molecule has 0 N–H and O–H groups in total. The average Bonchev–Trinajstić information content (AvgIpc) is 2.29. The first-order chi connectivity index (χ1) is 7.67. The summed E-state index contributed by atoms with van der Waals surface area (Å²) in [5, 5.41) is 8.65. The van der Waals surface area contributed by atoms with Crippen molar-refractivity contribution in [3.05, 3.63) is 35.6 Å². The highest BCUT2D eigenvalue weighted by atomic mass is 16.5. The molecule has 0 saturated heterocycles. The number of carbonyl (C=O) groups excluding carboxylic acids is 1. The lowest BCUT2D eigenvalue weighted by atomic mass is 10.2. The zero-order valence-corrected chi connectivity index (χ0v) is 9.18. The van der Waals surface area contributed by atoms with E-state index in [0.29, 0.717) is 0 Å². The Bertz CT molecular complexity index is 427. The fourth-order valence-corrected chi connectivity index (χ4v) is 1.16. The van der Waals surface area contributed by atoms with Gasteiger partial charge in [-0.15, -0.1) is 0 Å². The van der Waals surface area contributed by atoms with E-state index in [1.165, 1.54) is 6.08 Å². The molecule has 0 aliphatic rings. The van der Waals surface area contributed by atoms with Crippen LogP contribution in [0.1, 0.15) is 5.56 Å². The molecule has 0 aliphatic heterocycles. The molecule has 0 radical (unpaired) electrons. The zero-order valence-electron chi connectivity index (χ0n) is 9.18. The summed E-state index contributed by atoms with van der Waals surface area (Å²) >= 11 is 0. The lowest BCUT2D eigenvalue weighted by Crippen LogP contribution is -2.07. The summed E-state index contributed by atoms with van der Waals surface area (Å²) in [6, 6.07) is 9.32. The third kappa shape index (κ3) is 3.14. The average molecular weight is 216 g/mol. The maximum atomic E-state index is 10.1. The maximum Gasteiger partial charge on any atom is 0.299 e. The molecule has 82 valence electrons. The van der Waals surface area contributed by atoms with Crippen molar-refractivity contribution in [3.63, 3.8) is 0 Å². The zero-order chi connectivity index (χ0) is 12.0. The molecule has 0 aliphatic carbocycles. The van der Waals surface area contributed by atoms with Gasteiger partial charge in [-0.1, -0.05) is 12.1 Å². The van der Waals surface area contributed by atoms with Crippen molar-refractivity contribution >= 4 is 18.2 Å². The van der Waals surface area contributed by atoms with Gasteiger partial charge in [0.1, 0.15) is 6.07 Å². The Balaban J connectivity index is 2.90. The highest BCUT2D eigenvalue weighted by Gasteiger charge is 1.98. The van der Waals surface area contributed by atoms with Gasteiger partial charge in [0.2, 0.25) is 5.76 Å². The van der Waals surface area contributed by atoms with Crippen LogP contribution in [0.5, 0.6) is 0 Å². The van der Waals surface area contributed by atoms with Crippen molar-refractivity contribution in [2.45, 2.75) is 0 Å². The third-order valence-corrected chi connectivity index (χ3v) is 1.99. The van der Waals surface area contributed by atoms with Crippen molar-refractivity contribution in [2.24, 2.45) is 0 Å². The highest BCUT2D eigenvalue weighted by Crippen LogP contribution is 2.14. The molecular formula is C12H12N2O2. The van der Waals surface area contributed by atoms with E-state index in [2.05, 4.69) is 4.74 Å². The number of hydrogen-bond acceptors (Lipinski definition) is 4.